The van der Waals surface area contributed by atoms with E-state index in [2.05, 4.69) is 25.7 Å². The van der Waals surface area contributed by atoms with Gasteiger partial charge in [0.15, 0.2) is 5.13 Å². The molecule has 1 aromatic carbocycles. The van der Waals surface area contributed by atoms with E-state index in [0.717, 1.165) is 37.2 Å². The summed E-state index contributed by atoms with van der Waals surface area (Å²) in [7, 11) is 0. The minimum atomic E-state index is -0.149. The Morgan fingerprint density at radius 2 is 2.19 bits per heavy atom. The molecule has 0 radical (unpaired) electrons. The second-order valence-corrected chi connectivity index (χ2v) is 7.45. The summed E-state index contributed by atoms with van der Waals surface area (Å²) in [5.74, 6) is 0.396. The maximum Gasteiger partial charge on any atom is 0.257 e. The highest BCUT2D eigenvalue weighted by molar-refractivity contribution is 7.15. The Bertz CT molecular complexity index is 898. The van der Waals surface area contributed by atoms with Crippen LogP contribution in [0, 0.1) is 6.92 Å². The SMILES string of the molecule is Cc1cc(C(=O)Nc2ncc(C3CCNCC3)s2)ccc1-n1cncn1. The van der Waals surface area contributed by atoms with Crippen LogP contribution in [0.15, 0.2) is 37.1 Å². The summed E-state index contributed by atoms with van der Waals surface area (Å²) in [5.41, 5.74) is 2.46. The van der Waals surface area contributed by atoms with Crippen molar-refractivity contribution < 1.29 is 4.79 Å². The third-order valence-electron chi connectivity index (χ3n) is 4.61. The van der Waals surface area contributed by atoms with Crippen LogP contribution in [0.2, 0.25) is 0 Å². The van der Waals surface area contributed by atoms with Gasteiger partial charge >= 0.3 is 0 Å². The molecule has 26 heavy (non-hydrogen) atoms. The van der Waals surface area contributed by atoms with Crippen LogP contribution in [0.5, 0.6) is 0 Å². The van der Waals surface area contributed by atoms with Gasteiger partial charge in [0.25, 0.3) is 5.91 Å². The van der Waals surface area contributed by atoms with Gasteiger partial charge in [0.05, 0.1) is 5.69 Å². The van der Waals surface area contributed by atoms with E-state index in [9.17, 15) is 4.79 Å². The predicted molar refractivity (Wildman–Crippen MR) is 101 cm³/mol. The number of aryl methyl sites for hydroxylation is 1. The van der Waals surface area contributed by atoms with Gasteiger partial charge in [0.2, 0.25) is 0 Å². The molecule has 7 nitrogen and oxygen atoms in total. The van der Waals surface area contributed by atoms with Crippen LogP contribution >= 0.6 is 11.3 Å². The molecule has 1 aliphatic heterocycles. The van der Waals surface area contributed by atoms with E-state index in [0.29, 0.717) is 16.6 Å². The first-order chi connectivity index (χ1) is 12.7. The Labute approximate surface area is 155 Å². The van der Waals surface area contributed by atoms with E-state index in [1.807, 2.05) is 25.3 Å². The van der Waals surface area contributed by atoms with Crippen molar-refractivity contribution in [2.24, 2.45) is 0 Å². The molecule has 0 spiro atoms. The van der Waals surface area contributed by atoms with Gasteiger partial charge in [0.1, 0.15) is 12.7 Å². The van der Waals surface area contributed by atoms with Crippen molar-refractivity contribution in [3.8, 4) is 5.69 Å². The van der Waals surface area contributed by atoms with Crippen molar-refractivity contribution in [3.05, 3.63) is 53.1 Å². The number of nitrogens with one attached hydrogen (secondary N) is 2. The lowest BCUT2D eigenvalue weighted by molar-refractivity contribution is 0.102. The molecule has 2 N–H and O–H groups in total. The van der Waals surface area contributed by atoms with Crippen molar-refractivity contribution in [1.82, 2.24) is 25.1 Å². The van der Waals surface area contributed by atoms with E-state index in [1.165, 1.54) is 11.2 Å². The highest BCUT2D eigenvalue weighted by atomic mass is 32.1. The largest absolute Gasteiger partial charge is 0.317 e. The Morgan fingerprint density at radius 3 is 2.92 bits per heavy atom. The molecule has 0 bridgehead atoms. The standard InChI is InChI=1S/C18H20N6OS/c1-12-8-14(2-3-15(12)24-11-20-10-22-24)17(25)23-18-21-9-16(26-18)13-4-6-19-7-5-13/h2-3,8-11,13,19H,4-7H2,1H3,(H,21,23,25). The van der Waals surface area contributed by atoms with E-state index in [1.54, 1.807) is 28.4 Å². The lowest BCUT2D eigenvalue weighted by Crippen LogP contribution is -2.26. The van der Waals surface area contributed by atoms with Crippen molar-refractivity contribution in [2.75, 3.05) is 18.4 Å². The summed E-state index contributed by atoms with van der Waals surface area (Å²) in [6.45, 7) is 4.04. The Kier molecular flexibility index (Phi) is 4.77. The van der Waals surface area contributed by atoms with Gasteiger partial charge in [0, 0.05) is 16.6 Å². The molecular formula is C18H20N6OS. The van der Waals surface area contributed by atoms with Crippen molar-refractivity contribution in [3.63, 3.8) is 0 Å². The van der Waals surface area contributed by atoms with Crippen molar-refractivity contribution >= 4 is 22.4 Å². The van der Waals surface area contributed by atoms with Gasteiger partial charge in [-0.2, -0.15) is 5.10 Å². The highest BCUT2D eigenvalue weighted by Gasteiger charge is 2.18. The summed E-state index contributed by atoms with van der Waals surface area (Å²) in [6.07, 6.45) is 7.27. The van der Waals surface area contributed by atoms with E-state index < -0.39 is 0 Å². The number of carbonyl (C=O) groups excluding carboxylic acids is 1. The lowest BCUT2D eigenvalue weighted by atomic mass is 9.97. The summed E-state index contributed by atoms with van der Waals surface area (Å²) < 4.78 is 1.68. The molecule has 8 heteroatoms. The number of rotatable bonds is 4. The van der Waals surface area contributed by atoms with Crippen LogP contribution < -0.4 is 10.6 Å². The number of anilines is 1. The van der Waals surface area contributed by atoms with Crippen molar-refractivity contribution in [2.45, 2.75) is 25.7 Å². The van der Waals surface area contributed by atoms with Gasteiger partial charge in [-0.05, 0) is 62.5 Å². The van der Waals surface area contributed by atoms with Crippen LogP contribution in [-0.2, 0) is 0 Å². The summed E-state index contributed by atoms with van der Waals surface area (Å²) in [5, 5.41) is 11.1. The maximum absolute atomic E-state index is 12.6. The number of amides is 1. The molecular weight excluding hydrogens is 348 g/mol. The quantitative estimate of drug-likeness (QED) is 0.740. The van der Waals surface area contributed by atoms with Gasteiger partial charge < -0.3 is 5.32 Å². The molecule has 1 aliphatic rings. The fourth-order valence-corrected chi connectivity index (χ4v) is 4.18. The van der Waals surface area contributed by atoms with Gasteiger partial charge in [-0.1, -0.05) is 0 Å². The molecule has 1 fully saturated rings. The second kappa shape index (κ2) is 7.35. The first kappa shape index (κ1) is 16.9. The summed E-state index contributed by atoms with van der Waals surface area (Å²) in [4.78, 5) is 22.1. The third-order valence-corrected chi connectivity index (χ3v) is 5.69. The first-order valence-corrected chi connectivity index (χ1v) is 9.46. The zero-order chi connectivity index (χ0) is 17.9. The smallest absolute Gasteiger partial charge is 0.257 e. The average Bonchev–Trinajstić information content (AvgIpc) is 3.34. The first-order valence-electron chi connectivity index (χ1n) is 8.64. The molecule has 0 unspecified atom stereocenters. The molecule has 3 heterocycles. The minimum Gasteiger partial charge on any atom is -0.317 e. The molecule has 1 amide bonds. The number of piperidine rings is 1. The van der Waals surface area contributed by atoms with Crippen LogP contribution in [-0.4, -0.2) is 38.7 Å². The molecule has 3 aromatic rings. The molecule has 1 saturated heterocycles. The minimum absolute atomic E-state index is 0.149. The summed E-state index contributed by atoms with van der Waals surface area (Å²) in [6, 6.07) is 5.52. The monoisotopic (exact) mass is 368 g/mol. The van der Waals surface area contributed by atoms with Crippen LogP contribution in [0.3, 0.4) is 0 Å². The van der Waals surface area contributed by atoms with Crippen molar-refractivity contribution in [1.29, 1.82) is 0 Å². The number of nitrogens with zero attached hydrogens (tertiary/aromatic N) is 4. The fraction of sp³-hybridized carbons (Fsp3) is 0.333. The normalized spacial score (nSPS) is 15.1. The molecule has 0 saturated carbocycles. The predicted octanol–water partition coefficient (Wildman–Crippen LogP) is 2.75. The number of hydrogen-bond donors (Lipinski definition) is 2. The Hall–Kier alpha value is -2.58. The van der Waals surface area contributed by atoms with Gasteiger partial charge in [-0.3, -0.25) is 10.1 Å². The molecule has 0 atom stereocenters. The van der Waals surface area contributed by atoms with Gasteiger partial charge in [-0.25, -0.2) is 14.6 Å². The molecule has 0 aliphatic carbocycles. The molecule has 4 rings (SSSR count). The maximum atomic E-state index is 12.6. The molecule has 2 aromatic heterocycles. The van der Waals surface area contributed by atoms with E-state index >= 15 is 0 Å². The van der Waals surface area contributed by atoms with Crippen LogP contribution in [0.4, 0.5) is 5.13 Å². The van der Waals surface area contributed by atoms with Crippen LogP contribution in [0.1, 0.15) is 39.6 Å². The zero-order valence-electron chi connectivity index (χ0n) is 14.5. The Balaban J connectivity index is 1.46. The zero-order valence-corrected chi connectivity index (χ0v) is 15.3. The number of benzene rings is 1. The molecule has 134 valence electrons. The lowest BCUT2D eigenvalue weighted by Gasteiger charge is -2.20. The third kappa shape index (κ3) is 3.51. The number of thiazole rings is 1. The summed E-state index contributed by atoms with van der Waals surface area (Å²) >= 11 is 1.57. The van der Waals surface area contributed by atoms with Crippen LogP contribution in [0.25, 0.3) is 5.69 Å². The second-order valence-electron chi connectivity index (χ2n) is 6.39. The van der Waals surface area contributed by atoms with Gasteiger partial charge in [-0.15, -0.1) is 11.3 Å². The highest BCUT2D eigenvalue weighted by Crippen LogP contribution is 2.31. The number of carbonyl (C=O) groups is 1. The topological polar surface area (TPSA) is 84.7 Å². The Morgan fingerprint density at radius 1 is 1.35 bits per heavy atom. The average molecular weight is 368 g/mol. The van der Waals surface area contributed by atoms with E-state index in [4.69, 9.17) is 0 Å². The number of hydrogen-bond acceptors (Lipinski definition) is 6. The number of aromatic nitrogens is 4. The van der Waals surface area contributed by atoms with E-state index in [-0.39, 0.29) is 5.91 Å². The fourth-order valence-electron chi connectivity index (χ4n) is 3.20.